The highest BCUT2D eigenvalue weighted by Crippen LogP contribution is 2.37. The first-order chi connectivity index (χ1) is 31.5. The van der Waals surface area contributed by atoms with Crippen molar-refractivity contribution in [1.82, 2.24) is 19.6 Å². The van der Waals surface area contributed by atoms with Crippen LogP contribution in [-0.4, -0.2) is 102 Å². The van der Waals surface area contributed by atoms with Crippen molar-refractivity contribution < 1.29 is 36.4 Å². The van der Waals surface area contributed by atoms with E-state index in [0.29, 0.717) is 17.6 Å². The first-order valence-corrected chi connectivity index (χ1v) is 22.8. The number of benzene rings is 6. The highest BCUT2D eigenvalue weighted by atomic mass is 79.9. The summed E-state index contributed by atoms with van der Waals surface area (Å²) in [4.78, 5) is 9.94. The van der Waals surface area contributed by atoms with Gasteiger partial charge in [0, 0.05) is 68.9 Å². The molecule has 6 nitrogen and oxygen atoms in total. The van der Waals surface area contributed by atoms with Crippen LogP contribution in [0.15, 0.2) is 162 Å². The van der Waals surface area contributed by atoms with Gasteiger partial charge in [0.25, 0.3) is 0 Å². The van der Waals surface area contributed by atoms with Crippen LogP contribution < -0.4 is 5.46 Å². The van der Waals surface area contributed by atoms with Crippen molar-refractivity contribution in [3.63, 3.8) is 0 Å². The average molecular weight is 990 g/mol. The average Bonchev–Trinajstić information content (AvgIpc) is 3.30. The quantitative estimate of drug-likeness (QED) is 0.105. The molecule has 0 unspecified atom stereocenters. The summed E-state index contributed by atoms with van der Waals surface area (Å²) in [6.45, 7) is 8.26. The first kappa shape index (κ1) is 53.2. The second-order valence-electron chi connectivity index (χ2n) is 16.9. The highest BCUT2D eigenvalue weighted by molar-refractivity contribution is 9.10. The zero-order valence-electron chi connectivity index (χ0n) is 37.1. The number of hydrogen-bond acceptors (Lipinski definition) is 6. The lowest BCUT2D eigenvalue weighted by Gasteiger charge is -2.39. The van der Waals surface area contributed by atoms with Gasteiger partial charge < -0.3 is 19.8 Å². The summed E-state index contributed by atoms with van der Waals surface area (Å²) in [6, 6.07) is 48.7. The summed E-state index contributed by atoms with van der Waals surface area (Å²) < 4.78 is 77.7. The second-order valence-corrected chi connectivity index (χ2v) is 17.9. The van der Waals surface area contributed by atoms with Crippen LogP contribution in [0.5, 0.6) is 0 Å². The fourth-order valence-corrected chi connectivity index (χ4v) is 8.64. The predicted molar refractivity (Wildman–Crippen MR) is 263 cm³/mol. The van der Waals surface area contributed by atoms with Crippen LogP contribution in [0.1, 0.15) is 40.8 Å². The number of piperazine rings is 2. The van der Waals surface area contributed by atoms with Gasteiger partial charge in [-0.15, -0.1) is 0 Å². The van der Waals surface area contributed by atoms with Gasteiger partial charge >= 0.3 is 19.5 Å². The molecule has 0 aromatic heterocycles. The minimum atomic E-state index is -4.56. The normalized spacial score (nSPS) is 17.3. The number of likely N-dealkylation sites (N-methyl/N-ethyl adjacent to an activating group) is 2. The van der Waals surface area contributed by atoms with Gasteiger partial charge in [0.1, 0.15) is 0 Å². The Morgan fingerprint density at radius 1 is 0.507 bits per heavy atom. The molecular formula is C53H60BBrF6N4O2. The zero-order valence-corrected chi connectivity index (χ0v) is 38.7. The summed E-state index contributed by atoms with van der Waals surface area (Å²) in [5, 5.41) is 17.2. The van der Waals surface area contributed by atoms with E-state index in [1.165, 1.54) is 41.0 Å². The van der Waals surface area contributed by atoms with Crippen molar-refractivity contribution >= 4 is 28.5 Å². The summed E-state index contributed by atoms with van der Waals surface area (Å²) in [5.41, 5.74) is 3.97. The molecule has 2 aliphatic rings. The van der Waals surface area contributed by atoms with Gasteiger partial charge in [-0.2, -0.15) is 26.3 Å². The highest BCUT2D eigenvalue weighted by Gasteiger charge is 2.36. The second kappa shape index (κ2) is 25.0. The molecule has 2 heterocycles. The smallest absolute Gasteiger partial charge is 0.423 e. The molecule has 6 aromatic rings. The largest absolute Gasteiger partial charge is 0.489 e. The molecule has 2 fully saturated rings. The van der Waals surface area contributed by atoms with Crippen LogP contribution in [0.25, 0.3) is 11.1 Å². The Morgan fingerprint density at radius 2 is 0.910 bits per heavy atom. The summed E-state index contributed by atoms with van der Waals surface area (Å²) in [7, 11) is 2.33. The van der Waals surface area contributed by atoms with E-state index in [0.717, 1.165) is 93.4 Å². The Balaban J connectivity index is 0.000000203. The molecule has 2 saturated heterocycles. The van der Waals surface area contributed by atoms with E-state index in [4.69, 9.17) is 10.0 Å². The van der Waals surface area contributed by atoms with E-state index in [-0.39, 0.29) is 13.0 Å². The van der Waals surface area contributed by atoms with E-state index in [2.05, 4.69) is 128 Å². The van der Waals surface area contributed by atoms with Gasteiger partial charge in [-0.3, -0.25) is 9.80 Å². The van der Waals surface area contributed by atoms with Gasteiger partial charge in [-0.05, 0) is 84.0 Å². The van der Waals surface area contributed by atoms with Gasteiger partial charge in [-0.25, -0.2) is 0 Å². The van der Waals surface area contributed by atoms with Crippen molar-refractivity contribution in [1.29, 1.82) is 0 Å². The third-order valence-corrected chi connectivity index (χ3v) is 12.6. The van der Waals surface area contributed by atoms with E-state index in [1.807, 2.05) is 18.2 Å². The number of nitrogens with zero attached hydrogens (tertiary/aromatic N) is 4. The molecule has 0 amide bonds. The van der Waals surface area contributed by atoms with Crippen LogP contribution >= 0.6 is 15.9 Å². The van der Waals surface area contributed by atoms with Gasteiger partial charge in [0.15, 0.2) is 0 Å². The lowest BCUT2D eigenvalue weighted by Crippen LogP contribution is -2.51. The minimum absolute atomic E-state index is 0. The molecule has 6 aromatic carbocycles. The molecule has 2 N–H and O–H groups in total. The van der Waals surface area contributed by atoms with Crippen LogP contribution in [0.4, 0.5) is 26.3 Å². The third kappa shape index (κ3) is 16.2. The zero-order chi connectivity index (χ0) is 47.3. The van der Waals surface area contributed by atoms with Crippen molar-refractivity contribution in [2.45, 2.75) is 57.8 Å². The standard InChI is InChI=1S/C26H27F3N2.C19H23BrN2.C7H6BF3O2.CH4/c1-30-15-16-31(19-23(30)17-20-7-3-2-4-8-20)18-21-11-13-22(14-12-21)24-9-5-6-10-25(24)26(27,28)29;1-21-11-12-22(14-17-7-9-18(20)10-8-17)15-19(21)13-16-5-3-2-4-6-16;9-7(10,11)5-3-1-2-4-6(5)8(12)13;/h2-14,23H,15-19H2,1H3;2-10,19H,11-15H2,1H3;1-4,12-13H;1H4/t23-;19-;;/m00../s1. The SMILES string of the molecule is C.CN1CCN(Cc2ccc(-c3ccccc3C(F)(F)F)cc2)C[C@@H]1Cc1ccccc1.CN1CCN(Cc2ccc(Br)cc2)C[C@@H]1Cc1ccccc1.OB(O)c1ccccc1C(F)(F)F. The lowest BCUT2D eigenvalue weighted by molar-refractivity contribution is -0.137. The molecular weight excluding hydrogens is 929 g/mol. The Labute approximate surface area is 400 Å². The predicted octanol–water partition coefficient (Wildman–Crippen LogP) is 10.6. The lowest BCUT2D eigenvalue weighted by atomic mass is 9.77. The fourth-order valence-electron chi connectivity index (χ4n) is 8.38. The molecule has 0 saturated carbocycles. The molecule has 2 atom stereocenters. The van der Waals surface area contributed by atoms with Gasteiger partial charge in [0.05, 0.1) is 11.1 Å². The van der Waals surface area contributed by atoms with Crippen molar-refractivity contribution in [2.75, 3.05) is 53.4 Å². The van der Waals surface area contributed by atoms with Crippen molar-refractivity contribution in [2.24, 2.45) is 0 Å². The Hall–Kier alpha value is -4.80. The Bertz CT molecular complexity index is 2380. The minimum Gasteiger partial charge on any atom is -0.423 e. The molecule has 0 aliphatic carbocycles. The van der Waals surface area contributed by atoms with Crippen LogP contribution in [-0.2, 0) is 38.3 Å². The number of alkyl halides is 6. The van der Waals surface area contributed by atoms with E-state index >= 15 is 0 Å². The van der Waals surface area contributed by atoms with Crippen LogP contribution in [0.2, 0.25) is 0 Å². The Morgan fingerprint density at radius 3 is 1.34 bits per heavy atom. The number of halogens is 7. The monoisotopic (exact) mass is 988 g/mol. The molecule has 2 aliphatic heterocycles. The fraction of sp³-hybridized carbons (Fsp3) is 0.321. The van der Waals surface area contributed by atoms with Gasteiger partial charge in [0.2, 0.25) is 0 Å². The van der Waals surface area contributed by atoms with E-state index < -0.39 is 36.1 Å². The van der Waals surface area contributed by atoms with E-state index in [1.54, 1.807) is 18.2 Å². The number of hydrogen-bond donors (Lipinski definition) is 2. The maximum absolute atomic E-state index is 13.3. The third-order valence-electron chi connectivity index (χ3n) is 12.1. The molecule has 14 heteroatoms. The summed E-state index contributed by atoms with van der Waals surface area (Å²) >= 11 is 3.50. The number of rotatable bonds is 10. The Kier molecular flexibility index (Phi) is 19.8. The topological polar surface area (TPSA) is 53.4 Å². The molecule has 0 spiro atoms. The van der Waals surface area contributed by atoms with Crippen molar-refractivity contribution in [3.05, 3.63) is 196 Å². The maximum Gasteiger partial charge on any atom is 0.489 e. The molecule has 0 radical (unpaired) electrons. The van der Waals surface area contributed by atoms with Crippen molar-refractivity contribution in [3.8, 4) is 11.1 Å². The van der Waals surface area contributed by atoms with Crippen LogP contribution in [0.3, 0.4) is 0 Å². The first-order valence-electron chi connectivity index (χ1n) is 22.0. The van der Waals surface area contributed by atoms with Crippen LogP contribution in [0, 0.1) is 0 Å². The molecule has 8 rings (SSSR count). The summed E-state index contributed by atoms with van der Waals surface area (Å²) in [5.74, 6) is 0. The molecule has 0 bridgehead atoms. The summed E-state index contributed by atoms with van der Waals surface area (Å²) in [6.07, 6.45) is -6.77. The van der Waals surface area contributed by atoms with E-state index in [9.17, 15) is 26.3 Å². The van der Waals surface area contributed by atoms with Gasteiger partial charge in [-0.1, -0.05) is 163 Å². The molecule has 356 valence electrons. The maximum atomic E-state index is 13.3. The molecule has 67 heavy (non-hydrogen) atoms.